The first-order valence-electron chi connectivity index (χ1n) is 11.6. The van der Waals surface area contributed by atoms with Crippen LogP contribution in [-0.2, 0) is 0 Å². The Balaban J connectivity index is 1.56. The van der Waals surface area contributed by atoms with Crippen LogP contribution in [0.15, 0.2) is 36.7 Å². The van der Waals surface area contributed by atoms with Gasteiger partial charge in [0.05, 0.1) is 0 Å². The molecule has 8 heteroatoms. The number of pyridine rings is 1. The molecule has 1 aliphatic carbocycles. The Kier molecular flexibility index (Phi) is 5.77. The van der Waals surface area contributed by atoms with Crippen LogP contribution in [0.2, 0.25) is 0 Å². The number of hydrogen-bond donors (Lipinski definition) is 0. The maximum atomic E-state index is 9.76. The van der Waals surface area contributed by atoms with E-state index in [4.69, 9.17) is 9.97 Å². The third-order valence-corrected chi connectivity index (χ3v) is 6.88. The average Bonchev–Trinajstić information content (AvgIpc) is 3.47. The van der Waals surface area contributed by atoms with Crippen molar-refractivity contribution < 1.29 is 0 Å². The fourth-order valence-corrected chi connectivity index (χ4v) is 5.14. The Morgan fingerprint density at radius 2 is 1.84 bits per heavy atom. The molecule has 1 aliphatic heterocycles. The van der Waals surface area contributed by atoms with Gasteiger partial charge in [0, 0.05) is 43.0 Å². The first-order valence-corrected chi connectivity index (χ1v) is 11.6. The first kappa shape index (κ1) is 20.9. The van der Waals surface area contributed by atoms with Crippen LogP contribution < -0.4 is 5.01 Å². The van der Waals surface area contributed by atoms with Gasteiger partial charge in [0.25, 0.3) is 0 Å². The van der Waals surface area contributed by atoms with Crippen LogP contribution in [0.5, 0.6) is 0 Å². The minimum Gasteiger partial charge on any atom is -0.314 e. The zero-order chi connectivity index (χ0) is 22.1. The predicted molar refractivity (Wildman–Crippen MR) is 124 cm³/mol. The molecule has 1 saturated heterocycles. The number of aromatic nitrogens is 4. The maximum Gasteiger partial charge on any atom is 0.248 e. The predicted octanol–water partition coefficient (Wildman–Crippen LogP) is 3.89. The summed E-state index contributed by atoms with van der Waals surface area (Å²) in [5.74, 6) is 1.43. The van der Waals surface area contributed by atoms with Crippen molar-refractivity contribution in [1.29, 1.82) is 5.26 Å². The van der Waals surface area contributed by atoms with Crippen molar-refractivity contribution in [1.82, 2.24) is 29.4 Å². The van der Waals surface area contributed by atoms with Crippen molar-refractivity contribution in [2.75, 3.05) is 32.2 Å². The molecule has 8 nitrogen and oxygen atoms in total. The lowest BCUT2D eigenvalue weighted by atomic mass is 10.1. The molecule has 0 aromatic carbocycles. The van der Waals surface area contributed by atoms with Gasteiger partial charge in [0.15, 0.2) is 0 Å². The molecule has 0 atom stereocenters. The Morgan fingerprint density at radius 1 is 1.06 bits per heavy atom. The molecule has 3 aromatic rings. The zero-order valence-corrected chi connectivity index (χ0v) is 18.9. The summed E-state index contributed by atoms with van der Waals surface area (Å²) < 4.78 is 2.14. The van der Waals surface area contributed by atoms with Gasteiger partial charge >= 0.3 is 0 Å². The fraction of sp³-hybridized carbons (Fsp3) is 0.500. The summed E-state index contributed by atoms with van der Waals surface area (Å²) in [5, 5.41) is 15.0. The molecule has 32 heavy (non-hydrogen) atoms. The molecule has 5 rings (SSSR count). The van der Waals surface area contributed by atoms with E-state index < -0.39 is 0 Å². The average molecular weight is 431 g/mol. The second kappa shape index (κ2) is 8.85. The van der Waals surface area contributed by atoms with Crippen molar-refractivity contribution in [3.05, 3.63) is 42.4 Å². The van der Waals surface area contributed by atoms with Gasteiger partial charge in [-0.25, -0.2) is 20.0 Å². The number of hydrogen-bond acceptors (Lipinski definition) is 7. The Bertz CT molecular complexity index is 1100. The van der Waals surface area contributed by atoms with Crippen LogP contribution in [0.3, 0.4) is 0 Å². The molecule has 2 aliphatic rings. The van der Waals surface area contributed by atoms with Gasteiger partial charge in [0.2, 0.25) is 5.95 Å². The molecule has 0 radical (unpaired) electrons. The van der Waals surface area contributed by atoms with Gasteiger partial charge in [-0.2, -0.15) is 10.2 Å². The number of piperidine rings is 1. The standard InChI is InChI=1S/C24H30N8/c1-29(2)19-10-13-30(14-11-19)32(22-9-5-6-12-26-22)24-27-17-18-15-21(16-25)31(23(18)28-24)20-7-3-4-8-20/h5-6,9,12,15,17,19-20H,3-4,7-8,10-11,13-14H2,1-2H3. The molecule has 166 valence electrons. The van der Waals surface area contributed by atoms with E-state index in [1.165, 1.54) is 12.8 Å². The molecule has 4 heterocycles. The van der Waals surface area contributed by atoms with Crippen molar-refractivity contribution in [3.63, 3.8) is 0 Å². The van der Waals surface area contributed by atoms with Crippen molar-refractivity contribution in [3.8, 4) is 6.07 Å². The molecule has 3 aromatic heterocycles. The van der Waals surface area contributed by atoms with E-state index in [2.05, 4.69) is 44.6 Å². The second-order valence-corrected chi connectivity index (χ2v) is 9.05. The topological polar surface area (TPSA) is 77.1 Å². The summed E-state index contributed by atoms with van der Waals surface area (Å²) in [6, 6.07) is 11.1. The van der Waals surface area contributed by atoms with Crippen LogP contribution in [0.4, 0.5) is 11.8 Å². The quantitative estimate of drug-likeness (QED) is 0.608. The van der Waals surface area contributed by atoms with E-state index in [-0.39, 0.29) is 0 Å². The highest BCUT2D eigenvalue weighted by Gasteiger charge is 2.29. The minimum atomic E-state index is 0.337. The van der Waals surface area contributed by atoms with Gasteiger partial charge in [0.1, 0.15) is 23.2 Å². The third-order valence-electron chi connectivity index (χ3n) is 6.88. The molecule has 0 unspecified atom stereocenters. The van der Waals surface area contributed by atoms with Crippen LogP contribution in [0.25, 0.3) is 11.0 Å². The second-order valence-electron chi connectivity index (χ2n) is 9.05. The number of fused-ring (bicyclic) bond motifs is 1. The van der Waals surface area contributed by atoms with Crippen LogP contribution >= 0.6 is 0 Å². The minimum absolute atomic E-state index is 0.337. The summed E-state index contributed by atoms with van der Waals surface area (Å²) in [5.41, 5.74) is 1.53. The summed E-state index contributed by atoms with van der Waals surface area (Å²) in [6.07, 6.45) is 10.4. The monoisotopic (exact) mass is 430 g/mol. The van der Waals surface area contributed by atoms with E-state index in [1.54, 1.807) is 0 Å². The van der Waals surface area contributed by atoms with Gasteiger partial charge in [-0.1, -0.05) is 18.9 Å². The molecule has 0 amide bonds. The summed E-state index contributed by atoms with van der Waals surface area (Å²) in [6.45, 7) is 1.82. The lowest BCUT2D eigenvalue weighted by molar-refractivity contribution is 0.143. The lowest BCUT2D eigenvalue weighted by Gasteiger charge is -2.40. The smallest absolute Gasteiger partial charge is 0.248 e. The van der Waals surface area contributed by atoms with E-state index >= 15 is 0 Å². The Labute approximate surface area is 189 Å². The molecule has 2 fully saturated rings. The first-order chi connectivity index (χ1) is 15.7. The fourth-order valence-electron chi connectivity index (χ4n) is 5.14. The third kappa shape index (κ3) is 3.83. The van der Waals surface area contributed by atoms with Crippen molar-refractivity contribution >= 4 is 22.8 Å². The Morgan fingerprint density at radius 3 is 2.50 bits per heavy atom. The molecule has 0 N–H and O–H groups in total. The van der Waals surface area contributed by atoms with E-state index in [0.717, 1.165) is 55.6 Å². The number of hydrazine groups is 1. The summed E-state index contributed by atoms with van der Waals surface area (Å²) in [7, 11) is 4.30. The maximum absolute atomic E-state index is 9.76. The van der Waals surface area contributed by atoms with Crippen LogP contribution in [0.1, 0.15) is 50.3 Å². The molecular weight excluding hydrogens is 400 g/mol. The molecule has 0 spiro atoms. The van der Waals surface area contributed by atoms with E-state index in [9.17, 15) is 5.26 Å². The summed E-state index contributed by atoms with van der Waals surface area (Å²) >= 11 is 0. The highest BCUT2D eigenvalue weighted by Crippen LogP contribution is 2.35. The molecule has 0 bridgehead atoms. The number of nitrogens with zero attached hydrogens (tertiary/aromatic N) is 8. The van der Waals surface area contributed by atoms with Crippen LogP contribution in [0, 0.1) is 11.3 Å². The number of anilines is 2. The number of rotatable bonds is 5. The van der Waals surface area contributed by atoms with Gasteiger partial charge < -0.3 is 9.47 Å². The van der Waals surface area contributed by atoms with Gasteiger partial charge in [-0.15, -0.1) is 0 Å². The number of nitriles is 1. The van der Waals surface area contributed by atoms with Crippen molar-refractivity contribution in [2.24, 2.45) is 0 Å². The normalized spacial score (nSPS) is 18.4. The highest BCUT2D eigenvalue weighted by atomic mass is 15.7. The van der Waals surface area contributed by atoms with Gasteiger partial charge in [-0.05, 0) is 58.0 Å². The Hall–Kier alpha value is -3.02. The largest absolute Gasteiger partial charge is 0.314 e. The SMILES string of the molecule is CN(C)C1CCN(N(c2ccccn2)c2ncc3cc(C#N)n(C4CCCC4)c3n2)CC1. The van der Waals surface area contributed by atoms with E-state index in [0.29, 0.717) is 23.7 Å². The van der Waals surface area contributed by atoms with Crippen LogP contribution in [-0.4, -0.2) is 62.7 Å². The highest BCUT2D eigenvalue weighted by molar-refractivity contribution is 5.79. The lowest BCUT2D eigenvalue weighted by Crippen LogP contribution is -2.49. The molecular formula is C24H30N8. The summed E-state index contributed by atoms with van der Waals surface area (Å²) in [4.78, 5) is 16.7. The molecule has 1 saturated carbocycles. The van der Waals surface area contributed by atoms with Crippen molar-refractivity contribution in [2.45, 2.75) is 50.6 Å². The van der Waals surface area contributed by atoms with E-state index in [1.807, 2.05) is 36.7 Å². The van der Waals surface area contributed by atoms with Gasteiger partial charge in [-0.3, -0.25) is 0 Å². The zero-order valence-electron chi connectivity index (χ0n) is 18.9.